The second kappa shape index (κ2) is 31.9. The third kappa shape index (κ3) is 15.1. The second-order valence-corrected chi connectivity index (χ2v) is 24.5. The zero-order valence-corrected chi connectivity index (χ0v) is 54.4. The average Bonchev–Trinajstić information content (AvgIpc) is 3.29. The number of allylic oxidation sites excluding steroid dienone is 4. The molecule has 0 fully saturated rings. The Labute approximate surface area is 524 Å². The van der Waals surface area contributed by atoms with Crippen molar-refractivity contribution in [2.45, 2.75) is 184 Å². The van der Waals surface area contributed by atoms with Crippen LogP contribution in [0.25, 0.3) is 77.4 Å². The number of rotatable bonds is 20. The number of para-hydroxylation sites is 1. The molecule has 7 aromatic rings. The molecule has 4 aromatic carbocycles. The first-order valence-electron chi connectivity index (χ1n) is 33.8. The highest BCUT2D eigenvalue weighted by Gasteiger charge is 2.28. The number of ether oxygens (including phenoxy) is 6. The lowest BCUT2D eigenvalue weighted by Gasteiger charge is -2.15. The molecule has 8 heterocycles. The van der Waals surface area contributed by atoms with Gasteiger partial charge in [-0.25, -0.2) is 9.97 Å². The van der Waals surface area contributed by atoms with Crippen LogP contribution in [0.5, 0.6) is 23.0 Å². The zero-order valence-electron chi connectivity index (χ0n) is 54.4. The fourth-order valence-electron chi connectivity index (χ4n) is 13.3. The van der Waals surface area contributed by atoms with Gasteiger partial charge in [-0.15, -0.1) is 0 Å². The number of H-pyrrole nitrogens is 2. The molecule has 2 N–H and O–H groups in total. The van der Waals surface area contributed by atoms with E-state index in [1.165, 1.54) is 122 Å². The predicted octanol–water partition coefficient (Wildman–Crippen LogP) is 20.7. The van der Waals surface area contributed by atoms with Gasteiger partial charge in [0.1, 0.15) is 49.4 Å². The number of hydrogen-bond acceptors (Lipinski definition) is 8. The summed E-state index contributed by atoms with van der Waals surface area (Å²) in [7, 11) is 0. The van der Waals surface area contributed by atoms with Crippen molar-refractivity contribution in [1.82, 2.24) is 19.9 Å². The minimum atomic E-state index is 0.362. The zero-order chi connectivity index (χ0) is 61.2. The summed E-state index contributed by atoms with van der Waals surface area (Å²) in [6.45, 7) is 21.7. The number of unbranched alkanes of at least 4 members (excludes halogenated alkanes) is 12. The molecule has 16 bridgehead atoms. The molecule has 0 saturated carbocycles. The van der Waals surface area contributed by atoms with Crippen LogP contribution < -0.4 is 18.9 Å². The molecule has 0 saturated heterocycles. The van der Waals surface area contributed by atoms with Crippen molar-refractivity contribution in [2.75, 3.05) is 52.9 Å². The Balaban J connectivity index is 1.23. The summed E-state index contributed by atoms with van der Waals surface area (Å²) >= 11 is 0. The van der Waals surface area contributed by atoms with Crippen molar-refractivity contribution in [3.05, 3.63) is 142 Å². The quantitative estimate of drug-likeness (QED) is 0.0726. The molecule has 5 aliphatic rings. The topological polar surface area (TPSA) is 113 Å². The van der Waals surface area contributed by atoms with Crippen molar-refractivity contribution in [2.24, 2.45) is 0 Å². The number of fused-ring (bicyclic) bond motifs is 1. The van der Waals surface area contributed by atoms with E-state index >= 15 is 0 Å². The van der Waals surface area contributed by atoms with Gasteiger partial charge >= 0.3 is 0 Å². The van der Waals surface area contributed by atoms with E-state index in [4.69, 9.17) is 38.4 Å². The number of benzene rings is 4. The summed E-state index contributed by atoms with van der Waals surface area (Å²) in [5.74, 6) is 3.16. The Morgan fingerprint density at radius 3 is 1.31 bits per heavy atom. The van der Waals surface area contributed by atoms with Crippen molar-refractivity contribution in [3.63, 3.8) is 0 Å². The van der Waals surface area contributed by atoms with Gasteiger partial charge in [0.15, 0.2) is 0 Å². The number of aromatic amines is 2. The van der Waals surface area contributed by atoms with Crippen molar-refractivity contribution in [1.29, 1.82) is 0 Å². The van der Waals surface area contributed by atoms with E-state index in [1.54, 1.807) is 0 Å². The molecule has 466 valence electrons. The van der Waals surface area contributed by atoms with Gasteiger partial charge < -0.3 is 38.4 Å². The maximum Gasteiger partial charge on any atom is 0.127 e. The SMILES string of the molecule is CCCCCCC1=C(C)c2nc1cc1[nH]c(c(C)c1CCCCCC)c1c3nc(cc4[nH]c(c(C)c4CCCCCC)c2-c2ccc(cc2)OCCOCCOc2cccc4c(cccc24)OCCOCCOc2ccccc2-1)C(CCCCCC)=C3C. The second-order valence-electron chi connectivity index (χ2n) is 24.5. The molecule has 0 atom stereocenters. The summed E-state index contributed by atoms with van der Waals surface area (Å²) in [5.41, 5.74) is 23.1. The Bertz CT molecular complexity index is 3710. The average molecular weight is 1190 g/mol. The number of aryl methyl sites for hydroxylation is 4. The molecule has 0 unspecified atom stereocenters. The molecule has 3 aromatic heterocycles. The van der Waals surface area contributed by atoms with Gasteiger partial charge in [0.25, 0.3) is 0 Å². The van der Waals surface area contributed by atoms with E-state index in [9.17, 15) is 0 Å². The van der Waals surface area contributed by atoms with Gasteiger partial charge in [-0.2, -0.15) is 0 Å². The van der Waals surface area contributed by atoms with Gasteiger partial charge in [-0.1, -0.05) is 159 Å². The van der Waals surface area contributed by atoms with Gasteiger partial charge in [0.05, 0.1) is 60.2 Å². The first kappa shape index (κ1) is 63.9. The summed E-state index contributed by atoms with van der Waals surface area (Å²) < 4.78 is 38.4. The van der Waals surface area contributed by atoms with Crippen LogP contribution in [0.1, 0.15) is 202 Å². The lowest BCUT2D eigenvalue weighted by Crippen LogP contribution is -2.13. The lowest BCUT2D eigenvalue weighted by atomic mass is 9.93. The molecule has 10 nitrogen and oxygen atoms in total. The first-order chi connectivity index (χ1) is 43.2. The fourth-order valence-corrected chi connectivity index (χ4v) is 13.3. The molecule has 0 aliphatic carbocycles. The van der Waals surface area contributed by atoms with Crippen LogP contribution in [0, 0.1) is 13.8 Å². The maximum atomic E-state index is 6.90. The minimum Gasteiger partial charge on any atom is -0.491 e. The third-order valence-corrected chi connectivity index (χ3v) is 18.3. The van der Waals surface area contributed by atoms with Crippen LogP contribution in [-0.2, 0) is 22.3 Å². The van der Waals surface area contributed by atoms with Crippen molar-refractivity contribution < 1.29 is 28.4 Å². The first-order valence-corrected chi connectivity index (χ1v) is 33.8. The van der Waals surface area contributed by atoms with E-state index in [1.807, 2.05) is 24.3 Å². The Kier molecular flexibility index (Phi) is 23.1. The molecule has 5 aliphatic heterocycles. The summed E-state index contributed by atoms with van der Waals surface area (Å²) in [4.78, 5) is 20.3. The Morgan fingerprint density at radius 2 is 0.818 bits per heavy atom. The normalized spacial score (nSPS) is 14.4. The summed E-state index contributed by atoms with van der Waals surface area (Å²) in [6.07, 6.45) is 22.5. The Morgan fingerprint density at radius 1 is 0.398 bits per heavy atom. The number of aromatic nitrogens is 4. The molecular formula is C78H98N4O6. The lowest BCUT2D eigenvalue weighted by molar-refractivity contribution is 0.0765. The monoisotopic (exact) mass is 1190 g/mol. The summed E-state index contributed by atoms with van der Waals surface area (Å²) in [6, 6.07) is 34.2. The fraction of sp³-hybridized carbons (Fsp3) is 0.462. The molecule has 88 heavy (non-hydrogen) atoms. The van der Waals surface area contributed by atoms with Gasteiger partial charge in [-0.3, -0.25) is 0 Å². The van der Waals surface area contributed by atoms with Gasteiger partial charge in [0, 0.05) is 38.5 Å². The number of hydrogen-bond donors (Lipinski definition) is 2. The number of nitrogens with zero attached hydrogens (tertiary/aromatic N) is 2. The van der Waals surface area contributed by atoms with E-state index in [-0.39, 0.29) is 0 Å². The highest BCUT2D eigenvalue weighted by Crippen LogP contribution is 2.46. The molecule has 10 heteroatoms. The largest absolute Gasteiger partial charge is 0.491 e. The van der Waals surface area contributed by atoms with Crippen LogP contribution in [-0.4, -0.2) is 72.8 Å². The van der Waals surface area contributed by atoms with Crippen molar-refractivity contribution >= 4 is 55.1 Å². The van der Waals surface area contributed by atoms with E-state index in [0.717, 1.165) is 152 Å². The van der Waals surface area contributed by atoms with Crippen molar-refractivity contribution in [3.8, 4) is 45.3 Å². The predicted molar refractivity (Wildman–Crippen MR) is 367 cm³/mol. The Hall–Kier alpha value is -7.14. The minimum absolute atomic E-state index is 0.362. The third-order valence-electron chi connectivity index (χ3n) is 18.3. The van der Waals surface area contributed by atoms with Gasteiger partial charge in [0.2, 0.25) is 0 Å². The van der Waals surface area contributed by atoms with Crippen LogP contribution in [0.2, 0.25) is 0 Å². The highest BCUT2D eigenvalue weighted by atomic mass is 16.6. The van der Waals surface area contributed by atoms with Gasteiger partial charge in [-0.05, 0) is 172 Å². The van der Waals surface area contributed by atoms with Crippen LogP contribution in [0.4, 0.5) is 0 Å². The summed E-state index contributed by atoms with van der Waals surface area (Å²) in [5, 5.41) is 1.97. The van der Waals surface area contributed by atoms with Crippen LogP contribution >= 0.6 is 0 Å². The molecule has 0 spiro atoms. The smallest absolute Gasteiger partial charge is 0.127 e. The number of nitrogens with one attached hydrogen (secondary N) is 2. The molecular weight excluding hydrogens is 1090 g/mol. The standard InChI is InChI=1S/C78H98N4O6/c1-9-13-17-21-29-59-53(5)75-73-57-39-41-58(42-40-57)85-47-43-83-44-48-86-70-37-27-35-64-63(70)34-28-38-71(64)87-49-45-84-46-50-88-72-36-26-25-33-65(72)74(77-55(7)61(31-23-19-15-11-3)68(81-77)51-66(59)79-75)78-56(8)62(32-24-20-16-12-4)69(82-78)52-67-60(30-22-18-14-10-2)54(6)76(73)80-67/h25-28,33-42,51-52,79,82H,9-24,29-32,43-50H2,1-8H3. The van der Waals surface area contributed by atoms with E-state index in [0.29, 0.717) is 52.9 Å². The molecule has 0 amide bonds. The molecule has 0 radical (unpaired) electrons. The van der Waals surface area contributed by atoms with Crippen LogP contribution in [0.3, 0.4) is 0 Å². The maximum absolute atomic E-state index is 6.90. The molecule has 12 rings (SSSR count). The van der Waals surface area contributed by atoms with E-state index in [2.05, 4.69) is 138 Å². The van der Waals surface area contributed by atoms with Crippen LogP contribution in [0.15, 0.2) is 97.1 Å². The van der Waals surface area contributed by atoms with E-state index < -0.39 is 0 Å². The highest BCUT2D eigenvalue weighted by molar-refractivity contribution is 6.04.